The lowest BCUT2D eigenvalue weighted by molar-refractivity contribution is 0.0848. The number of benzene rings is 2. The highest BCUT2D eigenvalue weighted by molar-refractivity contribution is 5.94. The van der Waals surface area contributed by atoms with Crippen molar-refractivity contribution in [2.45, 2.75) is 19.1 Å². The first-order chi connectivity index (χ1) is 9.59. The molecule has 104 valence electrons. The van der Waals surface area contributed by atoms with E-state index in [0.29, 0.717) is 5.56 Å². The minimum atomic E-state index is -0.841. The number of carbonyl (C=O) groups is 1. The van der Waals surface area contributed by atoms with Crippen molar-refractivity contribution < 1.29 is 14.3 Å². The number of hydrogen-bond acceptors (Lipinski definition) is 2. The first-order valence-corrected chi connectivity index (χ1v) is 6.38. The molecule has 0 radical (unpaired) electrons. The molecule has 0 heterocycles. The predicted octanol–water partition coefficient (Wildman–Crippen LogP) is 2.68. The van der Waals surface area contributed by atoms with Crippen molar-refractivity contribution in [3.63, 3.8) is 0 Å². The van der Waals surface area contributed by atoms with Crippen LogP contribution in [0.1, 0.15) is 28.9 Å². The van der Waals surface area contributed by atoms with Gasteiger partial charge in [0.2, 0.25) is 0 Å². The Morgan fingerprint density at radius 1 is 1.10 bits per heavy atom. The summed E-state index contributed by atoms with van der Waals surface area (Å²) in [5.41, 5.74) is 0.674. The lowest BCUT2D eigenvalue weighted by Gasteiger charge is -2.20. The summed E-state index contributed by atoms with van der Waals surface area (Å²) in [4.78, 5) is 11.9. The van der Waals surface area contributed by atoms with Gasteiger partial charge in [-0.3, -0.25) is 4.79 Å². The minimum absolute atomic E-state index is 0.0281. The van der Waals surface area contributed by atoms with E-state index in [1.807, 2.05) is 18.2 Å². The Morgan fingerprint density at radius 3 is 2.35 bits per heavy atom. The zero-order valence-electron chi connectivity index (χ0n) is 11.1. The van der Waals surface area contributed by atoms with E-state index in [0.717, 1.165) is 0 Å². The van der Waals surface area contributed by atoms with E-state index in [1.165, 1.54) is 18.2 Å². The average Bonchev–Trinajstić information content (AvgIpc) is 2.47. The number of carbonyl (C=O) groups excluding carboxylic acids is 1. The Bertz CT molecular complexity index is 586. The van der Waals surface area contributed by atoms with Crippen molar-refractivity contribution >= 4 is 5.91 Å². The van der Waals surface area contributed by atoms with Crippen molar-refractivity contribution in [3.05, 3.63) is 71.5 Å². The molecule has 0 aliphatic heterocycles. The van der Waals surface area contributed by atoms with Crippen LogP contribution in [0.5, 0.6) is 0 Å². The largest absolute Gasteiger partial charge is 0.386 e. The Morgan fingerprint density at radius 2 is 1.70 bits per heavy atom. The van der Waals surface area contributed by atoms with Gasteiger partial charge in [-0.1, -0.05) is 42.5 Å². The molecule has 0 saturated carbocycles. The number of aliphatic hydroxyl groups is 1. The molecule has 0 aromatic heterocycles. The van der Waals surface area contributed by atoms with Crippen LogP contribution in [0.25, 0.3) is 0 Å². The van der Waals surface area contributed by atoms with E-state index in [2.05, 4.69) is 5.32 Å². The van der Waals surface area contributed by atoms with Crippen molar-refractivity contribution in [2.75, 3.05) is 0 Å². The molecule has 2 rings (SSSR count). The summed E-state index contributed by atoms with van der Waals surface area (Å²) in [6, 6.07) is 14.2. The van der Waals surface area contributed by atoms with Crippen molar-refractivity contribution in [1.82, 2.24) is 5.32 Å². The molecule has 0 fully saturated rings. The fourth-order valence-corrected chi connectivity index (χ4v) is 1.95. The summed E-state index contributed by atoms with van der Waals surface area (Å²) >= 11 is 0. The van der Waals surface area contributed by atoms with Gasteiger partial charge in [-0.25, -0.2) is 4.39 Å². The first-order valence-electron chi connectivity index (χ1n) is 6.38. The highest BCUT2D eigenvalue weighted by Crippen LogP contribution is 2.16. The monoisotopic (exact) mass is 273 g/mol. The fraction of sp³-hybridized carbons (Fsp3) is 0.188. The minimum Gasteiger partial charge on any atom is -0.386 e. The molecule has 2 N–H and O–H groups in total. The van der Waals surface area contributed by atoms with Crippen LogP contribution in [0.15, 0.2) is 54.6 Å². The van der Waals surface area contributed by atoms with Crippen LogP contribution in [0.4, 0.5) is 4.39 Å². The van der Waals surface area contributed by atoms with Crippen LogP contribution < -0.4 is 5.32 Å². The maximum absolute atomic E-state index is 13.5. The number of rotatable bonds is 4. The number of hydrogen-bond donors (Lipinski definition) is 2. The lowest BCUT2D eigenvalue weighted by Crippen LogP contribution is -2.37. The third-order valence-corrected chi connectivity index (χ3v) is 3.09. The fourth-order valence-electron chi connectivity index (χ4n) is 1.95. The molecule has 0 saturated heterocycles. The molecule has 20 heavy (non-hydrogen) atoms. The van der Waals surface area contributed by atoms with Crippen molar-refractivity contribution in [2.24, 2.45) is 0 Å². The molecule has 2 aromatic rings. The predicted molar refractivity (Wildman–Crippen MR) is 74.7 cm³/mol. The molecule has 0 spiro atoms. The number of nitrogens with one attached hydrogen (secondary N) is 1. The molecule has 2 atom stereocenters. The second kappa shape index (κ2) is 6.30. The number of aliphatic hydroxyl groups excluding tert-OH is 1. The topological polar surface area (TPSA) is 49.3 Å². The van der Waals surface area contributed by atoms with Crippen LogP contribution in [0.3, 0.4) is 0 Å². The van der Waals surface area contributed by atoms with E-state index >= 15 is 0 Å². The molecule has 3 nitrogen and oxygen atoms in total. The highest BCUT2D eigenvalue weighted by Gasteiger charge is 2.20. The van der Waals surface area contributed by atoms with E-state index in [9.17, 15) is 14.3 Å². The zero-order valence-corrected chi connectivity index (χ0v) is 11.1. The third kappa shape index (κ3) is 3.22. The smallest absolute Gasteiger partial charge is 0.254 e. The third-order valence-electron chi connectivity index (χ3n) is 3.09. The van der Waals surface area contributed by atoms with Crippen LogP contribution in [0.2, 0.25) is 0 Å². The zero-order chi connectivity index (χ0) is 14.5. The van der Waals surface area contributed by atoms with Crippen LogP contribution in [-0.4, -0.2) is 17.1 Å². The Hall–Kier alpha value is -2.20. The van der Waals surface area contributed by atoms with E-state index < -0.39 is 23.9 Å². The van der Waals surface area contributed by atoms with Gasteiger partial charge < -0.3 is 10.4 Å². The molecular formula is C16H16FNO2. The second-order valence-electron chi connectivity index (χ2n) is 4.60. The molecule has 1 amide bonds. The molecule has 2 unspecified atom stereocenters. The highest BCUT2D eigenvalue weighted by atomic mass is 19.1. The first kappa shape index (κ1) is 14.2. The molecule has 0 aliphatic carbocycles. The molecule has 2 aromatic carbocycles. The van der Waals surface area contributed by atoms with Gasteiger partial charge in [0.1, 0.15) is 5.82 Å². The van der Waals surface area contributed by atoms with Gasteiger partial charge in [0.15, 0.2) is 0 Å². The van der Waals surface area contributed by atoms with Gasteiger partial charge in [0, 0.05) is 0 Å². The van der Waals surface area contributed by atoms with Gasteiger partial charge in [-0.15, -0.1) is 0 Å². The van der Waals surface area contributed by atoms with Gasteiger partial charge in [0.05, 0.1) is 17.7 Å². The van der Waals surface area contributed by atoms with Crippen LogP contribution in [-0.2, 0) is 0 Å². The average molecular weight is 273 g/mol. The summed E-state index contributed by atoms with van der Waals surface area (Å²) in [5, 5.41) is 12.8. The second-order valence-corrected chi connectivity index (χ2v) is 4.60. The van der Waals surface area contributed by atoms with E-state index in [4.69, 9.17) is 0 Å². The maximum Gasteiger partial charge on any atom is 0.254 e. The van der Waals surface area contributed by atoms with Crippen LogP contribution in [0, 0.1) is 5.82 Å². The SMILES string of the molecule is CC(NC(=O)c1ccccc1F)C(O)c1ccccc1. The van der Waals surface area contributed by atoms with Gasteiger partial charge in [-0.05, 0) is 24.6 Å². The molecule has 4 heteroatoms. The maximum atomic E-state index is 13.5. The Balaban J connectivity index is 2.07. The summed E-state index contributed by atoms with van der Waals surface area (Å²) in [6.07, 6.45) is -0.841. The van der Waals surface area contributed by atoms with Gasteiger partial charge >= 0.3 is 0 Å². The molecular weight excluding hydrogens is 257 g/mol. The number of amides is 1. The van der Waals surface area contributed by atoms with Gasteiger partial charge in [0.25, 0.3) is 5.91 Å². The standard InChI is InChI=1S/C16H16FNO2/c1-11(15(19)12-7-3-2-4-8-12)18-16(20)13-9-5-6-10-14(13)17/h2-11,15,19H,1H3,(H,18,20). The quantitative estimate of drug-likeness (QED) is 0.899. The summed E-state index contributed by atoms with van der Waals surface area (Å²) in [6.45, 7) is 1.68. The Kier molecular flexibility index (Phi) is 4.48. The Labute approximate surface area is 117 Å². The normalized spacial score (nSPS) is 13.6. The van der Waals surface area contributed by atoms with Crippen LogP contribution >= 0.6 is 0 Å². The van der Waals surface area contributed by atoms with Gasteiger partial charge in [-0.2, -0.15) is 0 Å². The summed E-state index contributed by atoms with van der Waals surface area (Å²) in [7, 11) is 0. The summed E-state index contributed by atoms with van der Waals surface area (Å²) < 4.78 is 13.5. The van der Waals surface area contributed by atoms with Crippen molar-refractivity contribution in [3.8, 4) is 0 Å². The van der Waals surface area contributed by atoms with E-state index in [-0.39, 0.29) is 5.56 Å². The number of halogens is 1. The summed E-state index contributed by atoms with van der Waals surface area (Å²) in [5.74, 6) is -1.11. The molecule has 0 bridgehead atoms. The molecule has 0 aliphatic rings. The lowest BCUT2D eigenvalue weighted by atomic mass is 10.0. The van der Waals surface area contributed by atoms with E-state index in [1.54, 1.807) is 25.1 Å². The van der Waals surface area contributed by atoms with Crippen molar-refractivity contribution in [1.29, 1.82) is 0 Å².